The van der Waals surface area contributed by atoms with Crippen molar-refractivity contribution >= 4 is 29.8 Å². The van der Waals surface area contributed by atoms with Crippen LogP contribution in [0.4, 0.5) is 5.69 Å². The minimum absolute atomic E-state index is 0.127. The molecular weight excluding hydrogens is 388 g/mol. The number of aryl methyl sites for hydroxylation is 1. The highest BCUT2D eigenvalue weighted by atomic mass is 16.4. The number of carboxylic acid groups (broad SMARTS) is 3. The van der Waals surface area contributed by atoms with E-state index in [-0.39, 0.29) is 16.7 Å². The van der Waals surface area contributed by atoms with Crippen LogP contribution in [0.15, 0.2) is 53.5 Å². The fraction of sp³-hybridized carbons (Fsp3) is 0.0909. The van der Waals surface area contributed by atoms with Gasteiger partial charge in [0.2, 0.25) is 0 Å². The molecule has 0 fully saturated rings. The van der Waals surface area contributed by atoms with E-state index in [2.05, 4.69) is 4.99 Å². The second kappa shape index (κ2) is 8.04. The Labute approximate surface area is 171 Å². The van der Waals surface area contributed by atoms with Crippen LogP contribution in [0, 0.1) is 13.8 Å². The predicted molar refractivity (Wildman–Crippen MR) is 110 cm³/mol. The number of benzene rings is 2. The van der Waals surface area contributed by atoms with Gasteiger partial charge in [0, 0.05) is 28.9 Å². The molecule has 0 unspecified atom stereocenters. The highest BCUT2D eigenvalue weighted by Crippen LogP contribution is 2.23. The second-order valence-electron chi connectivity index (χ2n) is 6.65. The molecule has 0 aliphatic rings. The third kappa shape index (κ3) is 4.12. The molecule has 3 rings (SSSR count). The first-order valence-electron chi connectivity index (χ1n) is 8.86. The molecule has 0 aliphatic heterocycles. The number of hydrogen-bond acceptors (Lipinski definition) is 4. The van der Waals surface area contributed by atoms with Gasteiger partial charge in [0.15, 0.2) is 0 Å². The Balaban J connectivity index is 2.05. The smallest absolute Gasteiger partial charge is 0.335 e. The van der Waals surface area contributed by atoms with Crippen LogP contribution in [0.25, 0.3) is 5.69 Å². The van der Waals surface area contributed by atoms with Crippen LogP contribution in [-0.4, -0.2) is 44.0 Å². The summed E-state index contributed by atoms with van der Waals surface area (Å²) in [4.78, 5) is 38.2. The minimum atomic E-state index is -1.22. The third-order valence-corrected chi connectivity index (χ3v) is 4.59. The highest BCUT2D eigenvalue weighted by molar-refractivity contribution is 5.95. The zero-order valence-electron chi connectivity index (χ0n) is 16.2. The second-order valence-corrected chi connectivity index (χ2v) is 6.65. The predicted octanol–water partition coefficient (Wildman–Crippen LogP) is 3.94. The fourth-order valence-corrected chi connectivity index (χ4v) is 3.17. The number of carboxylic acids is 3. The average molecular weight is 406 g/mol. The SMILES string of the molecule is Cc1cc(C=Nc2cccc(C(=O)O)c2)c(C)n1-c1cc(C(=O)O)cc(C(=O)O)c1. The number of aromatic carboxylic acids is 3. The molecule has 8 heteroatoms. The van der Waals surface area contributed by atoms with Crippen molar-refractivity contribution in [2.24, 2.45) is 4.99 Å². The number of aromatic nitrogens is 1. The van der Waals surface area contributed by atoms with Gasteiger partial charge in [-0.25, -0.2) is 14.4 Å². The fourth-order valence-electron chi connectivity index (χ4n) is 3.17. The summed E-state index contributed by atoms with van der Waals surface area (Å²) in [5.74, 6) is -3.48. The summed E-state index contributed by atoms with van der Waals surface area (Å²) in [5, 5.41) is 27.7. The summed E-state index contributed by atoms with van der Waals surface area (Å²) < 4.78 is 1.74. The standard InChI is InChI=1S/C22H18N2O6/c1-12-6-17(11-23-18-5-3-4-14(8-18)20(25)26)13(2)24(12)19-9-15(21(27)28)7-16(10-19)22(29)30/h3-11H,1-2H3,(H,25,26)(H,27,28)(H,29,30). The van der Waals surface area contributed by atoms with E-state index < -0.39 is 17.9 Å². The van der Waals surface area contributed by atoms with Crippen LogP contribution in [0.1, 0.15) is 48.0 Å². The van der Waals surface area contributed by atoms with Crippen LogP contribution in [0.5, 0.6) is 0 Å². The molecule has 0 saturated carbocycles. The van der Waals surface area contributed by atoms with E-state index in [9.17, 15) is 24.6 Å². The van der Waals surface area contributed by atoms with Crippen molar-refractivity contribution in [3.8, 4) is 5.69 Å². The van der Waals surface area contributed by atoms with Gasteiger partial charge in [-0.05, 0) is 56.3 Å². The molecule has 2 aromatic carbocycles. The van der Waals surface area contributed by atoms with Gasteiger partial charge in [0.05, 0.1) is 22.4 Å². The topological polar surface area (TPSA) is 129 Å². The van der Waals surface area contributed by atoms with Crippen LogP contribution in [0.2, 0.25) is 0 Å². The summed E-state index contributed by atoms with van der Waals surface area (Å²) in [6, 6.07) is 12.0. The van der Waals surface area contributed by atoms with Crippen molar-refractivity contribution in [3.63, 3.8) is 0 Å². The normalized spacial score (nSPS) is 11.0. The van der Waals surface area contributed by atoms with Crippen LogP contribution in [0.3, 0.4) is 0 Å². The van der Waals surface area contributed by atoms with Gasteiger partial charge in [-0.3, -0.25) is 4.99 Å². The molecule has 152 valence electrons. The van der Waals surface area contributed by atoms with Gasteiger partial charge < -0.3 is 19.9 Å². The Morgan fingerprint density at radius 1 is 0.833 bits per heavy atom. The quantitative estimate of drug-likeness (QED) is 0.532. The van der Waals surface area contributed by atoms with E-state index in [1.807, 2.05) is 13.0 Å². The molecule has 1 heterocycles. The molecule has 0 radical (unpaired) electrons. The Kier molecular flexibility index (Phi) is 5.50. The average Bonchev–Trinajstić information content (AvgIpc) is 2.99. The van der Waals surface area contributed by atoms with Crippen molar-refractivity contribution in [1.82, 2.24) is 4.57 Å². The van der Waals surface area contributed by atoms with Gasteiger partial charge in [0.25, 0.3) is 0 Å². The van der Waals surface area contributed by atoms with Gasteiger partial charge >= 0.3 is 17.9 Å². The molecular formula is C22H18N2O6. The van der Waals surface area contributed by atoms with Crippen molar-refractivity contribution in [1.29, 1.82) is 0 Å². The largest absolute Gasteiger partial charge is 0.478 e. The van der Waals surface area contributed by atoms with Crippen LogP contribution < -0.4 is 0 Å². The summed E-state index contributed by atoms with van der Waals surface area (Å²) in [6.07, 6.45) is 1.58. The van der Waals surface area contributed by atoms with Gasteiger partial charge in [0.1, 0.15) is 0 Å². The maximum Gasteiger partial charge on any atom is 0.335 e. The van der Waals surface area contributed by atoms with Gasteiger partial charge in [-0.1, -0.05) is 6.07 Å². The molecule has 8 nitrogen and oxygen atoms in total. The van der Waals surface area contributed by atoms with E-state index in [1.165, 1.54) is 24.3 Å². The molecule has 0 saturated heterocycles. The van der Waals surface area contributed by atoms with Crippen molar-refractivity contribution < 1.29 is 29.7 Å². The van der Waals surface area contributed by atoms with Gasteiger partial charge in [-0.2, -0.15) is 0 Å². The lowest BCUT2D eigenvalue weighted by atomic mass is 10.1. The van der Waals surface area contributed by atoms with E-state index in [0.717, 1.165) is 23.0 Å². The Morgan fingerprint density at radius 2 is 1.43 bits per heavy atom. The zero-order chi connectivity index (χ0) is 22.0. The summed E-state index contributed by atoms with van der Waals surface area (Å²) in [6.45, 7) is 3.61. The molecule has 0 aliphatic carbocycles. The maximum absolute atomic E-state index is 11.4. The number of rotatable bonds is 6. The molecule has 1 aromatic heterocycles. The summed E-state index contributed by atoms with van der Waals surface area (Å²) in [7, 11) is 0. The lowest BCUT2D eigenvalue weighted by Gasteiger charge is -2.12. The number of carbonyl (C=O) groups is 3. The van der Waals surface area contributed by atoms with E-state index in [1.54, 1.807) is 29.8 Å². The highest BCUT2D eigenvalue weighted by Gasteiger charge is 2.16. The lowest BCUT2D eigenvalue weighted by molar-refractivity contribution is 0.0682. The molecule has 3 N–H and O–H groups in total. The van der Waals surface area contributed by atoms with Crippen molar-refractivity contribution in [3.05, 3.63) is 82.2 Å². The van der Waals surface area contributed by atoms with Crippen molar-refractivity contribution in [2.45, 2.75) is 13.8 Å². The first-order valence-corrected chi connectivity index (χ1v) is 8.86. The lowest BCUT2D eigenvalue weighted by Crippen LogP contribution is -2.07. The number of hydrogen-bond donors (Lipinski definition) is 3. The minimum Gasteiger partial charge on any atom is -0.478 e. The molecule has 3 aromatic rings. The van der Waals surface area contributed by atoms with E-state index in [0.29, 0.717) is 11.4 Å². The summed E-state index contributed by atoms with van der Waals surface area (Å²) in [5.41, 5.74) is 2.97. The first-order chi connectivity index (χ1) is 14.2. The number of nitrogens with zero attached hydrogens (tertiary/aromatic N) is 2. The Hall–Kier alpha value is -4.20. The van der Waals surface area contributed by atoms with E-state index >= 15 is 0 Å². The molecule has 30 heavy (non-hydrogen) atoms. The third-order valence-electron chi connectivity index (χ3n) is 4.59. The summed E-state index contributed by atoms with van der Waals surface area (Å²) >= 11 is 0. The van der Waals surface area contributed by atoms with Crippen molar-refractivity contribution in [2.75, 3.05) is 0 Å². The first kappa shape index (κ1) is 20.5. The van der Waals surface area contributed by atoms with E-state index in [4.69, 9.17) is 5.11 Å². The zero-order valence-corrected chi connectivity index (χ0v) is 16.2. The Bertz CT molecular complexity index is 1170. The van der Waals surface area contributed by atoms with Crippen LogP contribution in [-0.2, 0) is 0 Å². The Morgan fingerprint density at radius 3 is 2.00 bits per heavy atom. The molecule has 0 amide bonds. The molecule has 0 atom stereocenters. The number of aliphatic imine (C=N–C) groups is 1. The van der Waals surface area contributed by atoms with Gasteiger partial charge in [-0.15, -0.1) is 0 Å². The maximum atomic E-state index is 11.4. The monoisotopic (exact) mass is 406 g/mol. The molecule has 0 spiro atoms. The van der Waals surface area contributed by atoms with Crippen LogP contribution >= 0.6 is 0 Å². The molecule has 0 bridgehead atoms.